The largest absolute Gasteiger partial charge is 0.241 e. The summed E-state index contributed by atoms with van der Waals surface area (Å²) in [5.41, 5.74) is -1.12. The molecule has 16 heavy (non-hydrogen) atoms. The minimum absolute atomic E-state index is 0.130. The first-order valence-electron chi connectivity index (χ1n) is 4.48. The first-order valence-corrected chi connectivity index (χ1v) is 6.75. The lowest BCUT2D eigenvalue weighted by Crippen LogP contribution is -2.41. The van der Waals surface area contributed by atoms with E-state index < -0.39 is 15.6 Å². The fourth-order valence-electron chi connectivity index (χ4n) is 1.05. The topological polar surface area (TPSA) is 70.0 Å². The molecule has 0 amide bonds. The van der Waals surface area contributed by atoms with Gasteiger partial charge in [0.05, 0.1) is 11.0 Å². The highest BCUT2D eigenvalue weighted by molar-refractivity contribution is 9.10. The number of benzene rings is 1. The lowest BCUT2D eigenvalue weighted by Gasteiger charge is -2.17. The number of rotatable bonds is 3. The zero-order valence-corrected chi connectivity index (χ0v) is 11.3. The predicted molar refractivity (Wildman–Crippen MR) is 64.2 cm³/mol. The Morgan fingerprint density at radius 1 is 1.44 bits per heavy atom. The molecule has 0 aliphatic heterocycles. The molecule has 0 aliphatic rings. The van der Waals surface area contributed by atoms with E-state index in [1.54, 1.807) is 12.1 Å². The smallest absolute Gasteiger partial charge is 0.207 e. The second-order valence-corrected chi connectivity index (χ2v) is 6.40. The van der Waals surface area contributed by atoms with Crippen LogP contribution in [-0.2, 0) is 10.0 Å². The molecular formula is C10H11BrN2O2S. The summed E-state index contributed by atoms with van der Waals surface area (Å²) in [6.07, 6.45) is 0. The lowest BCUT2D eigenvalue weighted by atomic mass is 10.1. The van der Waals surface area contributed by atoms with Crippen LogP contribution < -0.4 is 4.72 Å². The highest BCUT2D eigenvalue weighted by Crippen LogP contribution is 2.17. The van der Waals surface area contributed by atoms with Gasteiger partial charge in [-0.15, -0.1) is 0 Å². The van der Waals surface area contributed by atoms with Crippen LogP contribution in [0.4, 0.5) is 0 Å². The standard InChI is InChI=1S/C10H11BrN2O2S/c1-10(2,7-12)13-16(14,15)9-5-3-4-8(11)6-9/h3-6,13H,1-2H3. The first-order chi connectivity index (χ1) is 7.27. The van der Waals surface area contributed by atoms with Crippen molar-refractivity contribution >= 4 is 26.0 Å². The van der Waals surface area contributed by atoms with Gasteiger partial charge in [-0.25, -0.2) is 8.42 Å². The highest BCUT2D eigenvalue weighted by Gasteiger charge is 2.25. The van der Waals surface area contributed by atoms with Crippen molar-refractivity contribution in [3.05, 3.63) is 28.7 Å². The maximum absolute atomic E-state index is 11.9. The van der Waals surface area contributed by atoms with Gasteiger partial charge in [0.2, 0.25) is 10.0 Å². The fourth-order valence-corrected chi connectivity index (χ4v) is 2.98. The van der Waals surface area contributed by atoms with E-state index in [-0.39, 0.29) is 4.90 Å². The van der Waals surface area contributed by atoms with E-state index in [1.165, 1.54) is 26.0 Å². The zero-order chi connectivity index (χ0) is 12.4. The summed E-state index contributed by atoms with van der Waals surface area (Å²) in [6, 6.07) is 8.19. The molecule has 4 nitrogen and oxygen atoms in total. The second kappa shape index (κ2) is 4.53. The van der Waals surface area contributed by atoms with Gasteiger partial charge in [0.15, 0.2) is 0 Å². The molecule has 0 bridgehead atoms. The maximum atomic E-state index is 11.9. The number of nitriles is 1. The van der Waals surface area contributed by atoms with Crippen LogP contribution >= 0.6 is 15.9 Å². The summed E-state index contributed by atoms with van der Waals surface area (Å²) in [5.74, 6) is 0. The van der Waals surface area contributed by atoms with Crippen molar-refractivity contribution in [2.45, 2.75) is 24.3 Å². The molecule has 1 N–H and O–H groups in total. The van der Waals surface area contributed by atoms with Gasteiger partial charge in [0, 0.05) is 4.47 Å². The van der Waals surface area contributed by atoms with Crippen LogP contribution in [0.3, 0.4) is 0 Å². The van der Waals surface area contributed by atoms with E-state index in [9.17, 15) is 8.42 Å². The van der Waals surface area contributed by atoms with Crippen molar-refractivity contribution in [3.63, 3.8) is 0 Å². The van der Waals surface area contributed by atoms with Gasteiger partial charge in [0.25, 0.3) is 0 Å². The van der Waals surface area contributed by atoms with Gasteiger partial charge in [0.1, 0.15) is 5.54 Å². The lowest BCUT2D eigenvalue weighted by molar-refractivity contribution is 0.535. The molecule has 86 valence electrons. The molecular weight excluding hydrogens is 292 g/mol. The third-order valence-electron chi connectivity index (χ3n) is 1.78. The van der Waals surface area contributed by atoms with E-state index in [4.69, 9.17) is 5.26 Å². The summed E-state index contributed by atoms with van der Waals surface area (Å²) in [5, 5.41) is 8.77. The molecule has 0 unspecified atom stereocenters. The molecule has 1 rings (SSSR count). The monoisotopic (exact) mass is 302 g/mol. The quantitative estimate of drug-likeness (QED) is 0.929. The summed E-state index contributed by atoms with van der Waals surface area (Å²) in [4.78, 5) is 0.130. The highest BCUT2D eigenvalue weighted by atomic mass is 79.9. The molecule has 0 atom stereocenters. The number of halogens is 1. The Labute approximate surface area is 103 Å². The number of sulfonamides is 1. The molecule has 6 heteroatoms. The number of nitrogens with one attached hydrogen (secondary N) is 1. The molecule has 0 aliphatic carbocycles. The Bertz CT molecular complexity index is 532. The van der Waals surface area contributed by atoms with Gasteiger partial charge >= 0.3 is 0 Å². The molecule has 1 aromatic rings. The minimum atomic E-state index is -3.66. The summed E-state index contributed by atoms with van der Waals surface area (Å²) < 4.78 is 26.7. The van der Waals surface area contributed by atoms with E-state index >= 15 is 0 Å². The fraction of sp³-hybridized carbons (Fsp3) is 0.300. The van der Waals surface area contributed by atoms with Crippen LogP contribution in [0, 0.1) is 11.3 Å². The van der Waals surface area contributed by atoms with Gasteiger partial charge in [-0.05, 0) is 32.0 Å². The Kier molecular flexibility index (Phi) is 3.73. The Balaban J connectivity index is 3.10. The maximum Gasteiger partial charge on any atom is 0.241 e. The van der Waals surface area contributed by atoms with Crippen LogP contribution in [0.1, 0.15) is 13.8 Å². The zero-order valence-electron chi connectivity index (χ0n) is 8.86. The van der Waals surface area contributed by atoms with Crippen LogP contribution in [0.2, 0.25) is 0 Å². The molecule has 0 spiro atoms. The average molecular weight is 303 g/mol. The van der Waals surface area contributed by atoms with Gasteiger partial charge < -0.3 is 0 Å². The van der Waals surface area contributed by atoms with Crippen molar-refractivity contribution in [2.24, 2.45) is 0 Å². The predicted octanol–water partition coefficient (Wildman–Crippen LogP) is 2.03. The van der Waals surface area contributed by atoms with Crippen molar-refractivity contribution < 1.29 is 8.42 Å². The van der Waals surface area contributed by atoms with Crippen molar-refractivity contribution in [1.82, 2.24) is 4.72 Å². The van der Waals surface area contributed by atoms with E-state index in [1.807, 2.05) is 6.07 Å². The molecule has 1 aromatic carbocycles. The van der Waals surface area contributed by atoms with Crippen LogP contribution in [0.15, 0.2) is 33.6 Å². The van der Waals surface area contributed by atoms with Gasteiger partial charge in [-0.2, -0.15) is 9.98 Å². The van der Waals surface area contributed by atoms with Gasteiger partial charge in [-0.3, -0.25) is 0 Å². The Hall–Kier alpha value is -0.900. The van der Waals surface area contributed by atoms with Crippen LogP contribution in [-0.4, -0.2) is 14.0 Å². The van der Waals surface area contributed by atoms with E-state index in [0.717, 1.165) is 0 Å². The normalized spacial score (nSPS) is 12.1. The molecule has 0 aromatic heterocycles. The third kappa shape index (κ3) is 3.30. The summed E-state index contributed by atoms with van der Waals surface area (Å²) in [7, 11) is -3.66. The summed E-state index contributed by atoms with van der Waals surface area (Å²) >= 11 is 3.19. The van der Waals surface area contributed by atoms with Crippen LogP contribution in [0.5, 0.6) is 0 Å². The first kappa shape index (κ1) is 13.2. The van der Waals surface area contributed by atoms with Crippen LogP contribution in [0.25, 0.3) is 0 Å². The number of nitrogens with zero attached hydrogens (tertiary/aromatic N) is 1. The molecule has 0 saturated heterocycles. The van der Waals surface area contributed by atoms with Crippen molar-refractivity contribution in [1.29, 1.82) is 5.26 Å². The second-order valence-electron chi connectivity index (χ2n) is 3.80. The number of hydrogen-bond acceptors (Lipinski definition) is 3. The summed E-state index contributed by atoms with van der Waals surface area (Å²) in [6.45, 7) is 3.01. The van der Waals surface area contributed by atoms with Crippen molar-refractivity contribution in [3.8, 4) is 6.07 Å². The molecule has 0 saturated carbocycles. The average Bonchev–Trinajstić information content (AvgIpc) is 2.16. The number of hydrogen-bond donors (Lipinski definition) is 1. The molecule has 0 radical (unpaired) electrons. The third-order valence-corrected chi connectivity index (χ3v) is 3.92. The minimum Gasteiger partial charge on any atom is -0.207 e. The molecule has 0 fully saturated rings. The van der Waals surface area contributed by atoms with Crippen molar-refractivity contribution in [2.75, 3.05) is 0 Å². The van der Waals surface area contributed by atoms with E-state index in [0.29, 0.717) is 4.47 Å². The van der Waals surface area contributed by atoms with Gasteiger partial charge in [-0.1, -0.05) is 22.0 Å². The Morgan fingerprint density at radius 3 is 2.56 bits per heavy atom. The SMILES string of the molecule is CC(C)(C#N)NS(=O)(=O)c1cccc(Br)c1. The molecule has 0 heterocycles. The Morgan fingerprint density at radius 2 is 2.06 bits per heavy atom. The van der Waals surface area contributed by atoms with E-state index in [2.05, 4.69) is 20.7 Å².